The third-order valence-corrected chi connectivity index (χ3v) is 4.62. The minimum absolute atomic E-state index is 0.144. The molecule has 1 unspecified atom stereocenters. The number of aryl methyl sites for hydroxylation is 1. The lowest BCUT2D eigenvalue weighted by Crippen LogP contribution is -2.25. The molecule has 0 spiro atoms. The van der Waals surface area contributed by atoms with Crippen LogP contribution < -0.4 is 5.32 Å². The molecule has 1 N–H and O–H groups in total. The highest BCUT2D eigenvalue weighted by Crippen LogP contribution is 2.38. The van der Waals surface area contributed by atoms with E-state index in [9.17, 15) is 9.18 Å². The van der Waals surface area contributed by atoms with Gasteiger partial charge in [0.1, 0.15) is 5.82 Å². The van der Waals surface area contributed by atoms with E-state index >= 15 is 0 Å². The van der Waals surface area contributed by atoms with Gasteiger partial charge in [0.2, 0.25) is 5.91 Å². The number of rotatable bonds is 2. The summed E-state index contributed by atoms with van der Waals surface area (Å²) in [5, 5.41) is 2.48. The van der Waals surface area contributed by atoms with Gasteiger partial charge in [-0.15, -0.1) is 11.8 Å². The van der Waals surface area contributed by atoms with Gasteiger partial charge < -0.3 is 5.32 Å². The van der Waals surface area contributed by atoms with Crippen molar-refractivity contribution >= 4 is 23.4 Å². The molecular weight excluding hydrogens is 273 g/mol. The van der Waals surface area contributed by atoms with Crippen LogP contribution in [-0.2, 0) is 11.2 Å². The molecule has 4 heteroatoms. The Bertz CT molecular complexity index is 671. The molecule has 1 heterocycles. The Morgan fingerprint density at radius 2 is 2.10 bits per heavy atom. The largest absolute Gasteiger partial charge is 0.323 e. The zero-order valence-corrected chi connectivity index (χ0v) is 11.8. The molecule has 1 atom stereocenters. The van der Waals surface area contributed by atoms with Gasteiger partial charge in [0.05, 0.1) is 10.9 Å². The molecule has 1 aliphatic rings. The van der Waals surface area contributed by atoms with Crippen molar-refractivity contribution in [2.45, 2.75) is 23.5 Å². The van der Waals surface area contributed by atoms with E-state index in [4.69, 9.17) is 0 Å². The quantitative estimate of drug-likeness (QED) is 0.910. The Balaban J connectivity index is 1.73. The number of para-hydroxylation sites is 1. The molecule has 2 aromatic carbocycles. The van der Waals surface area contributed by atoms with Crippen LogP contribution in [0.2, 0.25) is 0 Å². The summed E-state index contributed by atoms with van der Waals surface area (Å²) in [4.78, 5) is 13.4. The predicted octanol–water partition coefficient (Wildman–Crippen LogP) is 3.79. The summed E-state index contributed by atoms with van der Waals surface area (Å²) in [6, 6.07) is 12.4. The fourth-order valence-electron chi connectivity index (χ4n) is 2.26. The van der Waals surface area contributed by atoms with E-state index in [2.05, 4.69) is 23.5 Å². The number of benzene rings is 2. The zero-order valence-electron chi connectivity index (χ0n) is 11.0. The summed E-state index contributed by atoms with van der Waals surface area (Å²) < 4.78 is 13.5. The number of anilines is 1. The summed E-state index contributed by atoms with van der Waals surface area (Å²) in [6.45, 7) is 2.04. The molecule has 0 radical (unpaired) electrons. The average Bonchev–Trinajstić information content (AvgIpc) is 2.84. The maximum absolute atomic E-state index is 13.5. The molecular formula is C16H14FNOS. The molecule has 0 aromatic heterocycles. The van der Waals surface area contributed by atoms with Crippen molar-refractivity contribution in [3.63, 3.8) is 0 Å². The first kappa shape index (κ1) is 13.2. The van der Waals surface area contributed by atoms with Gasteiger partial charge >= 0.3 is 0 Å². The number of hydrogen-bond donors (Lipinski definition) is 1. The Morgan fingerprint density at radius 1 is 1.30 bits per heavy atom. The van der Waals surface area contributed by atoms with Crippen molar-refractivity contribution < 1.29 is 9.18 Å². The second kappa shape index (κ2) is 5.29. The first-order valence-corrected chi connectivity index (χ1v) is 7.33. The Morgan fingerprint density at radius 3 is 2.90 bits per heavy atom. The lowest BCUT2D eigenvalue weighted by molar-refractivity contribution is -0.115. The highest BCUT2D eigenvalue weighted by Gasteiger charge is 2.28. The van der Waals surface area contributed by atoms with E-state index in [0.29, 0.717) is 6.42 Å². The third kappa shape index (κ3) is 2.56. The van der Waals surface area contributed by atoms with Gasteiger partial charge in [0.25, 0.3) is 0 Å². The molecule has 1 aliphatic heterocycles. The molecule has 0 aliphatic carbocycles. The number of carbonyl (C=O) groups excluding carboxylic acids is 1. The lowest BCUT2D eigenvalue weighted by Gasteiger charge is -2.10. The number of hydrogen-bond acceptors (Lipinski definition) is 2. The zero-order chi connectivity index (χ0) is 14.1. The summed E-state index contributed by atoms with van der Waals surface area (Å²) in [5.74, 6) is -0.550. The van der Waals surface area contributed by atoms with Crippen LogP contribution in [0.4, 0.5) is 10.1 Å². The number of fused-ring (bicyclic) bond motifs is 1. The first-order chi connectivity index (χ1) is 9.63. The van der Waals surface area contributed by atoms with Gasteiger partial charge in [0.15, 0.2) is 0 Å². The maximum Gasteiger partial charge on any atom is 0.238 e. The van der Waals surface area contributed by atoms with E-state index in [1.165, 1.54) is 17.2 Å². The van der Waals surface area contributed by atoms with Gasteiger partial charge in [-0.2, -0.15) is 0 Å². The van der Waals surface area contributed by atoms with Gasteiger partial charge in [-0.3, -0.25) is 4.79 Å². The highest BCUT2D eigenvalue weighted by molar-refractivity contribution is 8.01. The molecule has 2 aromatic rings. The standard InChI is InChI=1S/C16H14FNOS/c1-10-6-7-11-9-15(20-14(11)8-10)16(19)18-13-5-3-2-4-12(13)17/h2-8,15H,9H2,1H3,(H,18,19). The minimum Gasteiger partial charge on any atom is -0.323 e. The van der Waals surface area contributed by atoms with Crippen molar-refractivity contribution in [3.8, 4) is 0 Å². The SMILES string of the molecule is Cc1ccc2c(c1)SC(C(=O)Nc1ccccc1F)C2. The maximum atomic E-state index is 13.5. The number of thioether (sulfide) groups is 1. The van der Waals surface area contributed by atoms with E-state index in [1.807, 2.05) is 6.92 Å². The predicted molar refractivity (Wildman–Crippen MR) is 79.6 cm³/mol. The molecule has 0 fully saturated rings. The Labute approximate surface area is 121 Å². The molecule has 2 nitrogen and oxygen atoms in total. The highest BCUT2D eigenvalue weighted by atomic mass is 32.2. The summed E-state index contributed by atoms with van der Waals surface area (Å²) in [6.07, 6.45) is 0.695. The van der Waals surface area contributed by atoms with Crippen LogP contribution in [0.5, 0.6) is 0 Å². The number of nitrogens with one attached hydrogen (secondary N) is 1. The van der Waals surface area contributed by atoms with Crippen LogP contribution in [0.1, 0.15) is 11.1 Å². The third-order valence-electron chi connectivity index (χ3n) is 3.32. The number of halogens is 1. The van der Waals surface area contributed by atoms with Crippen LogP contribution >= 0.6 is 11.8 Å². The van der Waals surface area contributed by atoms with Crippen molar-refractivity contribution in [2.24, 2.45) is 0 Å². The van der Waals surface area contributed by atoms with Gasteiger partial charge in [-0.1, -0.05) is 29.8 Å². The summed E-state index contributed by atoms with van der Waals surface area (Å²) in [5.41, 5.74) is 2.62. The monoisotopic (exact) mass is 287 g/mol. The van der Waals surface area contributed by atoms with Crippen LogP contribution in [0.3, 0.4) is 0 Å². The smallest absolute Gasteiger partial charge is 0.238 e. The van der Waals surface area contributed by atoms with E-state index < -0.39 is 5.82 Å². The average molecular weight is 287 g/mol. The van der Waals surface area contributed by atoms with Crippen LogP contribution in [-0.4, -0.2) is 11.2 Å². The van der Waals surface area contributed by atoms with Crippen molar-refractivity contribution in [1.82, 2.24) is 0 Å². The summed E-state index contributed by atoms with van der Waals surface area (Å²) >= 11 is 1.55. The van der Waals surface area contributed by atoms with Crippen molar-refractivity contribution in [1.29, 1.82) is 0 Å². The van der Waals surface area contributed by atoms with Gasteiger partial charge in [-0.05, 0) is 37.1 Å². The topological polar surface area (TPSA) is 29.1 Å². The van der Waals surface area contributed by atoms with Crippen LogP contribution in [0.25, 0.3) is 0 Å². The van der Waals surface area contributed by atoms with Gasteiger partial charge in [0, 0.05) is 4.90 Å². The number of amides is 1. The van der Waals surface area contributed by atoms with Crippen LogP contribution in [0.15, 0.2) is 47.4 Å². The van der Waals surface area contributed by atoms with Crippen molar-refractivity contribution in [3.05, 3.63) is 59.4 Å². The first-order valence-electron chi connectivity index (χ1n) is 6.45. The Hall–Kier alpha value is -1.81. The van der Waals surface area contributed by atoms with E-state index in [0.717, 1.165) is 4.90 Å². The minimum atomic E-state index is -0.405. The fraction of sp³-hybridized carbons (Fsp3) is 0.188. The van der Waals surface area contributed by atoms with Gasteiger partial charge in [-0.25, -0.2) is 4.39 Å². The normalized spacial score (nSPS) is 16.8. The van der Waals surface area contributed by atoms with Crippen LogP contribution in [0, 0.1) is 12.7 Å². The molecule has 1 amide bonds. The second-order valence-electron chi connectivity index (χ2n) is 4.89. The number of carbonyl (C=O) groups is 1. The molecule has 3 rings (SSSR count). The van der Waals surface area contributed by atoms with Crippen molar-refractivity contribution in [2.75, 3.05) is 5.32 Å². The second-order valence-corrected chi connectivity index (χ2v) is 6.14. The molecule has 0 saturated carbocycles. The Kier molecular flexibility index (Phi) is 3.49. The van der Waals surface area contributed by atoms with E-state index in [1.54, 1.807) is 30.0 Å². The lowest BCUT2D eigenvalue weighted by atomic mass is 10.1. The molecule has 0 bridgehead atoms. The molecule has 102 valence electrons. The van der Waals surface area contributed by atoms with E-state index in [-0.39, 0.29) is 16.8 Å². The molecule has 20 heavy (non-hydrogen) atoms. The molecule has 0 saturated heterocycles. The fourth-order valence-corrected chi connectivity index (χ4v) is 3.55. The summed E-state index contributed by atoms with van der Waals surface area (Å²) in [7, 11) is 0.